The summed E-state index contributed by atoms with van der Waals surface area (Å²) < 4.78 is 6.46. The average Bonchev–Trinajstić information content (AvgIpc) is 2.87. The predicted molar refractivity (Wildman–Crippen MR) is 92.9 cm³/mol. The maximum Gasteiger partial charge on any atom is 0.0508 e. The molecule has 0 amide bonds. The maximum absolute atomic E-state index is 5.30. The second-order valence-electron chi connectivity index (χ2n) is 6.35. The van der Waals surface area contributed by atoms with E-state index in [9.17, 15) is 0 Å². The summed E-state index contributed by atoms with van der Waals surface area (Å²) in [4.78, 5) is 2.50. The van der Waals surface area contributed by atoms with Gasteiger partial charge in [-0.3, -0.25) is 0 Å². The topological polar surface area (TPSA) is 24.5 Å². The summed E-state index contributed by atoms with van der Waals surface area (Å²) >= 11 is 3.60. The Bertz CT molecular complexity index is 450. The van der Waals surface area contributed by atoms with Gasteiger partial charge in [0.05, 0.1) is 6.61 Å². The lowest BCUT2D eigenvalue weighted by Crippen LogP contribution is -2.25. The molecule has 0 bridgehead atoms. The van der Waals surface area contributed by atoms with E-state index in [2.05, 4.69) is 58.2 Å². The maximum atomic E-state index is 5.30. The van der Waals surface area contributed by atoms with Crippen LogP contribution in [0.3, 0.4) is 0 Å². The molecule has 1 aliphatic heterocycles. The fraction of sp³-hybridized carbons (Fsp3) is 0.647. The third-order valence-corrected chi connectivity index (χ3v) is 4.43. The summed E-state index contributed by atoms with van der Waals surface area (Å²) in [7, 11) is 1.80. The van der Waals surface area contributed by atoms with E-state index in [-0.39, 0.29) is 0 Å². The number of rotatable bonds is 7. The number of anilines is 1. The number of hydrogen-bond donors (Lipinski definition) is 1. The number of hydrogen-bond acceptors (Lipinski definition) is 3. The van der Waals surface area contributed by atoms with Gasteiger partial charge >= 0.3 is 0 Å². The zero-order chi connectivity index (χ0) is 15.2. The fourth-order valence-corrected chi connectivity index (χ4v) is 3.33. The van der Waals surface area contributed by atoms with Crippen molar-refractivity contribution in [1.29, 1.82) is 0 Å². The van der Waals surface area contributed by atoms with E-state index >= 15 is 0 Å². The fourth-order valence-electron chi connectivity index (χ4n) is 2.92. The van der Waals surface area contributed by atoms with Gasteiger partial charge in [0.1, 0.15) is 0 Å². The van der Waals surface area contributed by atoms with Crippen molar-refractivity contribution in [1.82, 2.24) is 5.32 Å². The first kappa shape index (κ1) is 16.8. The summed E-state index contributed by atoms with van der Waals surface area (Å²) in [6, 6.07) is 6.63. The van der Waals surface area contributed by atoms with Crippen molar-refractivity contribution in [3.05, 3.63) is 28.2 Å². The van der Waals surface area contributed by atoms with Gasteiger partial charge in [0, 0.05) is 42.8 Å². The van der Waals surface area contributed by atoms with Crippen molar-refractivity contribution in [3.63, 3.8) is 0 Å². The van der Waals surface area contributed by atoms with Crippen LogP contribution in [-0.4, -0.2) is 33.4 Å². The largest absolute Gasteiger partial charge is 0.384 e. The summed E-state index contributed by atoms with van der Waals surface area (Å²) in [6.07, 6.45) is 1.22. The molecule has 3 nitrogen and oxygen atoms in total. The first-order chi connectivity index (χ1) is 10.1. The molecule has 1 unspecified atom stereocenters. The van der Waals surface area contributed by atoms with Crippen LogP contribution >= 0.6 is 15.9 Å². The second-order valence-corrected chi connectivity index (χ2v) is 7.27. The number of ether oxygens (including phenoxy) is 1. The van der Waals surface area contributed by atoms with Gasteiger partial charge in [0.2, 0.25) is 0 Å². The van der Waals surface area contributed by atoms with E-state index < -0.39 is 0 Å². The lowest BCUT2D eigenvalue weighted by molar-refractivity contribution is 0.161. The van der Waals surface area contributed by atoms with Crippen LogP contribution in [-0.2, 0) is 11.3 Å². The Morgan fingerprint density at radius 2 is 2.24 bits per heavy atom. The number of halogens is 1. The number of benzene rings is 1. The van der Waals surface area contributed by atoms with Crippen LogP contribution in [0.5, 0.6) is 0 Å². The van der Waals surface area contributed by atoms with Crippen molar-refractivity contribution in [2.24, 2.45) is 11.8 Å². The van der Waals surface area contributed by atoms with Crippen LogP contribution in [0.25, 0.3) is 0 Å². The van der Waals surface area contributed by atoms with Crippen LogP contribution in [0, 0.1) is 11.8 Å². The van der Waals surface area contributed by atoms with Crippen molar-refractivity contribution in [2.45, 2.75) is 26.8 Å². The molecule has 2 rings (SSSR count). The highest BCUT2D eigenvalue weighted by molar-refractivity contribution is 9.10. The molecule has 1 heterocycles. The molecule has 0 aromatic heterocycles. The van der Waals surface area contributed by atoms with Crippen molar-refractivity contribution >= 4 is 21.6 Å². The first-order valence-electron chi connectivity index (χ1n) is 7.83. The van der Waals surface area contributed by atoms with Crippen molar-refractivity contribution in [3.8, 4) is 0 Å². The summed E-state index contributed by atoms with van der Waals surface area (Å²) in [6.45, 7) is 9.57. The Morgan fingerprint density at radius 3 is 2.95 bits per heavy atom. The minimum absolute atomic E-state index is 0.662. The Kier molecular flexibility index (Phi) is 6.52. The molecule has 21 heavy (non-hydrogen) atoms. The molecule has 1 aromatic rings. The Hall–Kier alpha value is -0.580. The molecule has 1 aliphatic rings. The number of methoxy groups -OCH3 is 1. The minimum Gasteiger partial charge on any atom is -0.384 e. The van der Waals surface area contributed by atoms with Crippen LogP contribution in [0.2, 0.25) is 0 Å². The Balaban J connectivity index is 2.04. The zero-order valence-electron chi connectivity index (χ0n) is 13.4. The van der Waals surface area contributed by atoms with Gasteiger partial charge in [-0.15, -0.1) is 0 Å². The Morgan fingerprint density at radius 1 is 1.43 bits per heavy atom. The van der Waals surface area contributed by atoms with Gasteiger partial charge in [-0.1, -0.05) is 29.8 Å². The molecule has 0 spiro atoms. The van der Waals surface area contributed by atoms with Gasteiger partial charge in [0.25, 0.3) is 0 Å². The third-order valence-electron chi connectivity index (χ3n) is 3.94. The highest BCUT2D eigenvalue weighted by atomic mass is 79.9. The SMILES string of the molecule is COCC1CCN(c2ccc(Br)cc2CNCC(C)C)C1. The second kappa shape index (κ2) is 8.16. The van der Waals surface area contributed by atoms with E-state index in [1.54, 1.807) is 7.11 Å². The normalized spacial score (nSPS) is 18.7. The summed E-state index contributed by atoms with van der Waals surface area (Å²) in [5.74, 6) is 1.34. The molecular weight excluding hydrogens is 328 g/mol. The molecule has 118 valence electrons. The van der Waals surface area contributed by atoms with Gasteiger partial charge in [0.15, 0.2) is 0 Å². The predicted octanol–water partition coefficient (Wildman–Crippen LogP) is 3.67. The van der Waals surface area contributed by atoms with Crippen molar-refractivity contribution < 1.29 is 4.74 Å². The van der Waals surface area contributed by atoms with Crippen LogP contribution < -0.4 is 10.2 Å². The zero-order valence-corrected chi connectivity index (χ0v) is 14.9. The quantitative estimate of drug-likeness (QED) is 0.808. The molecule has 1 fully saturated rings. The van der Waals surface area contributed by atoms with E-state index in [0.29, 0.717) is 11.8 Å². The lowest BCUT2D eigenvalue weighted by Gasteiger charge is -2.23. The van der Waals surface area contributed by atoms with Gasteiger partial charge in [-0.05, 0) is 42.6 Å². The monoisotopic (exact) mass is 354 g/mol. The van der Waals surface area contributed by atoms with Crippen LogP contribution in [0.4, 0.5) is 5.69 Å². The smallest absolute Gasteiger partial charge is 0.0508 e. The lowest BCUT2D eigenvalue weighted by atomic mass is 10.1. The molecule has 0 saturated carbocycles. The third kappa shape index (κ3) is 4.97. The molecule has 1 N–H and O–H groups in total. The van der Waals surface area contributed by atoms with E-state index in [1.165, 1.54) is 17.7 Å². The van der Waals surface area contributed by atoms with Gasteiger partial charge in [-0.2, -0.15) is 0 Å². The van der Waals surface area contributed by atoms with Gasteiger partial charge < -0.3 is 15.0 Å². The molecule has 1 saturated heterocycles. The number of nitrogens with zero attached hydrogens (tertiary/aromatic N) is 1. The molecule has 0 radical (unpaired) electrons. The number of nitrogens with one attached hydrogen (secondary N) is 1. The summed E-state index contributed by atoms with van der Waals surface area (Å²) in [5.41, 5.74) is 2.75. The van der Waals surface area contributed by atoms with E-state index in [0.717, 1.165) is 37.3 Å². The van der Waals surface area contributed by atoms with Crippen LogP contribution in [0.15, 0.2) is 22.7 Å². The van der Waals surface area contributed by atoms with Crippen LogP contribution in [0.1, 0.15) is 25.8 Å². The molecule has 1 atom stereocenters. The van der Waals surface area contributed by atoms with Crippen molar-refractivity contribution in [2.75, 3.05) is 38.3 Å². The average molecular weight is 355 g/mol. The first-order valence-corrected chi connectivity index (χ1v) is 8.62. The standard InChI is InChI=1S/C17H27BrN2O/c1-13(2)9-19-10-15-8-16(18)4-5-17(15)20-7-6-14(11-20)12-21-3/h4-5,8,13-14,19H,6-7,9-12H2,1-3H3. The molecule has 1 aromatic carbocycles. The van der Waals surface area contributed by atoms with E-state index in [4.69, 9.17) is 4.74 Å². The van der Waals surface area contributed by atoms with Gasteiger partial charge in [-0.25, -0.2) is 0 Å². The molecular formula is C17H27BrN2O. The highest BCUT2D eigenvalue weighted by Gasteiger charge is 2.24. The minimum atomic E-state index is 0.662. The van der Waals surface area contributed by atoms with E-state index in [1.807, 2.05) is 0 Å². The molecule has 4 heteroatoms. The summed E-state index contributed by atoms with van der Waals surface area (Å²) in [5, 5.41) is 3.56. The molecule has 0 aliphatic carbocycles. The highest BCUT2D eigenvalue weighted by Crippen LogP contribution is 2.29. The Labute approximate surface area is 137 Å².